The normalized spacial score (nSPS) is 16.4. The first kappa shape index (κ1) is 31.4. The fourth-order valence-electron chi connectivity index (χ4n) is 5.66. The minimum absolute atomic E-state index is 0.0598. The fraction of sp³-hybridized carbons (Fsp3) is 0.371. The van der Waals surface area contributed by atoms with Crippen molar-refractivity contribution in [2.24, 2.45) is 5.73 Å². The summed E-state index contributed by atoms with van der Waals surface area (Å²) in [5.41, 5.74) is 8.27. The van der Waals surface area contributed by atoms with Gasteiger partial charge in [0.05, 0.1) is 23.6 Å². The lowest BCUT2D eigenvalue weighted by atomic mass is 9.91. The number of hydrogen-bond donors (Lipinski definition) is 3. The summed E-state index contributed by atoms with van der Waals surface area (Å²) in [5, 5.41) is 6.36. The van der Waals surface area contributed by atoms with Crippen LogP contribution < -0.4 is 35.3 Å². The fourth-order valence-corrected chi connectivity index (χ4v) is 5.66. The maximum atomic E-state index is 13.2. The number of carbonyl (C=O) groups is 1. The summed E-state index contributed by atoms with van der Waals surface area (Å²) in [6, 6.07) is 16.0. The van der Waals surface area contributed by atoms with Crippen molar-refractivity contribution in [2.45, 2.75) is 44.7 Å². The molecule has 3 aromatic carbocycles. The Hall–Kier alpha value is -4.61. The van der Waals surface area contributed by atoms with Crippen LogP contribution in [0.4, 0.5) is 14.9 Å². The summed E-state index contributed by atoms with van der Waals surface area (Å²) in [6.07, 6.45) is 4.57. The highest BCUT2D eigenvalue weighted by atomic mass is 19.1. The van der Waals surface area contributed by atoms with Gasteiger partial charge in [0.2, 0.25) is 5.75 Å². The Balaban J connectivity index is 1.10. The Bertz CT molecular complexity index is 1660. The van der Waals surface area contributed by atoms with Crippen molar-refractivity contribution >= 4 is 22.6 Å². The zero-order valence-corrected chi connectivity index (χ0v) is 26.2. The molecule has 242 valence electrons. The molecule has 6 rings (SSSR count). The van der Waals surface area contributed by atoms with Gasteiger partial charge in [-0.15, -0.1) is 0 Å². The van der Waals surface area contributed by atoms with Gasteiger partial charge in [-0.05, 0) is 94.2 Å². The van der Waals surface area contributed by atoms with E-state index in [1.807, 2.05) is 13.0 Å². The van der Waals surface area contributed by atoms with E-state index < -0.39 is 0 Å². The molecule has 0 saturated carbocycles. The molecule has 4 N–H and O–H groups in total. The molecule has 0 radical (unpaired) electrons. The number of halogens is 1. The topological polar surface area (TPSA) is 120 Å². The Labute approximate surface area is 268 Å². The molecule has 4 aromatic rings. The largest absolute Gasteiger partial charge is 0.489 e. The summed E-state index contributed by atoms with van der Waals surface area (Å²) >= 11 is 0. The molecule has 2 amide bonds. The second kappa shape index (κ2) is 13.8. The number of fused-ring (bicyclic) bond motifs is 3. The number of rotatable bonds is 10. The van der Waals surface area contributed by atoms with E-state index in [2.05, 4.69) is 27.4 Å². The molecule has 2 aliphatic heterocycles. The number of amides is 2. The molecular formula is C35H40FN5O5. The van der Waals surface area contributed by atoms with E-state index in [0.29, 0.717) is 65.2 Å². The van der Waals surface area contributed by atoms with Crippen LogP contribution in [0.1, 0.15) is 44.7 Å². The molecule has 1 atom stereocenters. The van der Waals surface area contributed by atoms with E-state index >= 15 is 0 Å². The Kier molecular flexibility index (Phi) is 9.41. The number of urea groups is 1. The molecule has 0 spiro atoms. The van der Waals surface area contributed by atoms with Crippen molar-refractivity contribution in [2.75, 3.05) is 44.8 Å². The Morgan fingerprint density at radius 1 is 1.04 bits per heavy atom. The molecule has 0 bridgehead atoms. The van der Waals surface area contributed by atoms with Crippen molar-refractivity contribution < 1.29 is 28.1 Å². The van der Waals surface area contributed by atoms with Crippen molar-refractivity contribution in [1.82, 2.24) is 15.2 Å². The van der Waals surface area contributed by atoms with Gasteiger partial charge in [-0.3, -0.25) is 4.98 Å². The highest BCUT2D eigenvalue weighted by Gasteiger charge is 2.27. The first-order valence-corrected chi connectivity index (χ1v) is 15.7. The third-order valence-electron chi connectivity index (χ3n) is 8.38. The number of nitrogens with zero attached hydrogens (tertiary/aromatic N) is 2. The number of nitrogens with two attached hydrogens (primary N) is 1. The maximum Gasteiger partial charge on any atom is 0.319 e. The summed E-state index contributed by atoms with van der Waals surface area (Å²) < 4.78 is 37.8. The first-order valence-electron chi connectivity index (χ1n) is 15.7. The first-order chi connectivity index (χ1) is 22.2. The lowest BCUT2D eigenvalue weighted by molar-refractivity contribution is 0.152. The van der Waals surface area contributed by atoms with Gasteiger partial charge in [0, 0.05) is 30.0 Å². The van der Waals surface area contributed by atoms with Crippen molar-refractivity contribution in [3.8, 4) is 28.7 Å². The number of anilines is 1. The van der Waals surface area contributed by atoms with Crippen molar-refractivity contribution in [3.05, 3.63) is 78.2 Å². The summed E-state index contributed by atoms with van der Waals surface area (Å²) in [5.74, 6) is 2.50. The van der Waals surface area contributed by atoms with Gasteiger partial charge in [-0.2, -0.15) is 0 Å². The molecule has 1 saturated heterocycles. The summed E-state index contributed by atoms with van der Waals surface area (Å²) in [7, 11) is 0. The molecular weight excluding hydrogens is 589 g/mol. The van der Waals surface area contributed by atoms with Crippen LogP contribution in [0.25, 0.3) is 10.9 Å². The lowest BCUT2D eigenvalue weighted by Gasteiger charge is -2.36. The van der Waals surface area contributed by atoms with Gasteiger partial charge in [-0.1, -0.05) is 12.1 Å². The molecule has 1 fully saturated rings. The van der Waals surface area contributed by atoms with Crippen molar-refractivity contribution in [3.63, 3.8) is 0 Å². The SMILES string of the molecule is C[C@@H](NC(=O)Nc1ccc(Oc2ccnc3cc(OCCCN4CCC(C)(N)CC4)c4c(c23)OCCO4)cc1)c1ccc(F)cc1. The smallest absolute Gasteiger partial charge is 0.319 e. The molecule has 46 heavy (non-hydrogen) atoms. The molecule has 2 aliphatic rings. The van der Waals surface area contributed by atoms with Crippen LogP contribution in [0.5, 0.6) is 28.7 Å². The highest BCUT2D eigenvalue weighted by Crippen LogP contribution is 2.48. The van der Waals surface area contributed by atoms with E-state index in [-0.39, 0.29) is 23.4 Å². The minimum atomic E-state index is -0.377. The van der Waals surface area contributed by atoms with Gasteiger partial charge in [0.15, 0.2) is 11.5 Å². The third-order valence-corrected chi connectivity index (χ3v) is 8.38. The van der Waals surface area contributed by atoms with Crippen LogP contribution >= 0.6 is 0 Å². The number of piperidine rings is 1. The number of carbonyl (C=O) groups excluding carboxylic acids is 1. The zero-order valence-electron chi connectivity index (χ0n) is 26.2. The average Bonchev–Trinajstić information content (AvgIpc) is 3.05. The van der Waals surface area contributed by atoms with Crippen LogP contribution in [-0.4, -0.2) is 60.9 Å². The standard InChI is InChI=1S/C35H40FN5O5/c1-23(24-4-6-25(36)7-5-24)39-34(42)40-26-8-10-27(11-9-26)46-29-12-15-38-28-22-30(32-33(31(28)29)45-21-20-44-32)43-19-3-16-41-17-13-35(2,37)14-18-41/h4-12,15,22-23H,3,13-14,16-21,37H2,1-2H3,(H2,39,40,42)/t23-/m1/s1. The van der Waals surface area contributed by atoms with Gasteiger partial charge < -0.3 is 40.2 Å². The maximum absolute atomic E-state index is 13.2. The number of ether oxygens (including phenoxy) is 4. The van der Waals surface area contributed by atoms with E-state index in [4.69, 9.17) is 24.7 Å². The van der Waals surface area contributed by atoms with Crippen LogP contribution in [-0.2, 0) is 0 Å². The van der Waals surface area contributed by atoms with Crippen LogP contribution in [0.15, 0.2) is 66.9 Å². The quantitative estimate of drug-likeness (QED) is 0.172. The predicted octanol–water partition coefficient (Wildman–Crippen LogP) is 6.40. The van der Waals surface area contributed by atoms with E-state index in [1.54, 1.807) is 48.7 Å². The number of nitrogens with one attached hydrogen (secondary N) is 2. The highest BCUT2D eigenvalue weighted by molar-refractivity contribution is 5.95. The number of benzene rings is 3. The van der Waals surface area contributed by atoms with E-state index in [0.717, 1.165) is 44.5 Å². The second-order valence-corrected chi connectivity index (χ2v) is 12.1. The number of pyridine rings is 1. The molecule has 0 aliphatic carbocycles. The molecule has 0 unspecified atom stereocenters. The van der Waals surface area contributed by atoms with E-state index in [1.165, 1.54) is 12.1 Å². The lowest BCUT2D eigenvalue weighted by Crippen LogP contribution is -2.48. The van der Waals surface area contributed by atoms with Crippen LogP contribution in [0.3, 0.4) is 0 Å². The zero-order chi connectivity index (χ0) is 32.1. The number of aromatic nitrogens is 1. The minimum Gasteiger partial charge on any atom is -0.489 e. The van der Waals surface area contributed by atoms with Gasteiger partial charge >= 0.3 is 6.03 Å². The Morgan fingerprint density at radius 2 is 1.76 bits per heavy atom. The summed E-state index contributed by atoms with van der Waals surface area (Å²) in [4.78, 5) is 19.6. The van der Waals surface area contributed by atoms with Crippen LogP contribution in [0, 0.1) is 5.82 Å². The van der Waals surface area contributed by atoms with Gasteiger partial charge in [-0.25, -0.2) is 9.18 Å². The van der Waals surface area contributed by atoms with E-state index in [9.17, 15) is 9.18 Å². The monoisotopic (exact) mass is 629 g/mol. The Morgan fingerprint density at radius 3 is 2.50 bits per heavy atom. The molecule has 1 aromatic heterocycles. The molecule has 3 heterocycles. The molecule has 11 heteroatoms. The van der Waals surface area contributed by atoms with Gasteiger partial charge in [0.25, 0.3) is 0 Å². The average molecular weight is 630 g/mol. The summed E-state index contributed by atoms with van der Waals surface area (Å²) in [6.45, 7) is 8.28. The van der Waals surface area contributed by atoms with Crippen molar-refractivity contribution in [1.29, 1.82) is 0 Å². The molecule has 10 nitrogen and oxygen atoms in total. The van der Waals surface area contributed by atoms with Gasteiger partial charge in [0.1, 0.15) is 30.5 Å². The predicted molar refractivity (Wildman–Crippen MR) is 175 cm³/mol. The number of hydrogen-bond acceptors (Lipinski definition) is 8. The second-order valence-electron chi connectivity index (χ2n) is 12.1. The van der Waals surface area contributed by atoms with Crippen LogP contribution in [0.2, 0.25) is 0 Å². The third kappa shape index (κ3) is 7.60. The number of likely N-dealkylation sites (tertiary alicyclic amines) is 1.